The number of hydrogen-bond acceptors (Lipinski definition) is 18. The monoisotopic (exact) mass is 1430 g/mol. The molecule has 2 bridgehead atoms. The summed E-state index contributed by atoms with van der Waals surface area (Å²) in [7, 11) is 1.47. The molecule has 3 aromatic carbocycles. The molecule has 4 atom stereocenters. The number of pyridine rings is 1. The van der Waals surface area contributed by atoms with Gasteiger partial charge in [0.1, 0.15) is 43.6 Å². The minimum atomic E-state index is -0.672. The quantitative estimate of drug-likeness (QED) is 0.0163. The molecule has 548 valence electrons. The van der Waals surface area contributed by atoms with Crippen molar-refractivity contribution in [2.45, 2.75) is 137 Å². The lowest BCUT2D eigenvalue weighted by Crippen LogP contribution is -2.48. The minimum absolute atomic E-state index is 0.0377. The third-order valence-corrected chi connectivity index (χ3v) is 22.1. The number of hydrogen-bond donors (Lipinski definition) is 7. The van der Waals surface area contributed by atoms with Crippen LogP contribution in [0, 0.1) is 38.5 Å². The first-order chi connectivity index (χ1) is 50.3. The number of unbranched alkanes of at least 4 members (excludes halogenated alkanes) is 4. The summed E-state index contributed by atoms with van der Waals surface area (Å²) < 4.78 is 19.2. The second kappa shape index (κ2) is 31.8. The summed E-state index contributed by atoms with van der Waals surface area (Å²) in [6.45, 7) is 19.2. The number of aryl methyl sites for hydroxylation is 6. The standard InChI is InChI=1S/C76H95N19O8S/c1-7-94-59(35-46(4)87-94)70(98)85-75-83-57-39-52(68(78)96)41-61(102-6)65(57)92(75)28-14-15-29-93-66-58(84-76(93)86-71(99)60-36-47(5)88-95(60)8-2)40-53(69(79)97)42-62(66)103-34-16-27-90-32-30-89(31-33-90)26-13-11-9-10-12-25-80-72(100)63-50-18-19-51(63)44-91(43-50)55-23-21-48-37-54(22-20-49(48)38-55)82-73(101)67-64(77)56-24-17-45(3)81-74(56)104-67/h14-15,17,21,23-24,35-36,38-42,50-51,54,63H,7-13,16,18-20,22,25-34,37,43-44,77H2,1-6H3,(H2,78,96)(H2,79,97)(H,80,100)(H,82,101)(H,83,85,98)(H,84,86,99)/b15-14+/t50-,51+,54-,63?/m0/s1. The van der Waals surface area contributed by atoms with Crippen LogP contribution in [-0.4, -0.2) is 168 Å². The molecule has 6 amide bonds. The van der Waals surface area contributed by atoms with E-state index in [1.807, 2.05) is 63.5 Å². The Morgan fingerprint density at radius 2 is 1.21 bits per heavy atom. The number of allylic oxidation sites excluding steroid dienone is 2. The van der Waals surface area contributed by atoms with Crippen LogP contribution in [0.4, 0.5) is 23.3 Å². The van der Waals surface area contributed by atoms with Crippen molar-refractivity contribution in [3.05, 3.63) is 134 Å². The number of carbonyl (C=O) groups excluding carboxylic acids is 6. The van der Waals surface area contributed by atoms with Crippen LogP contribution >= 0.6 is 11.3 Å². The van der Waals surface area contributed by atoms with Crippen LogP contribution in [0.5, 0.6) is 11.5 Å². The summed E-state index contributed by atoms with van der Waals surface area (Å²) in [4.78, 5) is 103. The number of benzene rings is 3. The SMILES string of the molecule is CCn1nc(C)cc1C(=O)Nc1nc2cc(C(N)=O)cc(OC)c2n1C/C=C/Cn1c(NC(=O)c2cc(C)nn2CC)nc2cc(C(N)=O)cc(OCCCN3CCN(CCCCCCCNC(=O)C4[C@@H]5CC[C@H]4CN(c4ccc6c(c4)CC[C@H](NC(=O)c4sc7nc(C)ccc7c4N)C6)C5)CC3)c21. The molecule has 10 N–H and O–H groups in total. The molecular weight excluding hydrogens is 1340 g/mol. The summed E-state index contributed by atoms with van der Waals surface area (Å²) in [6.07, 6.45) is 14.7. The van der Waals surface area contributed by atoms with Crippen molar-refractivity contribution >= 4 is 102 Å². The van der Waals surface area contributed by atoms with E-state index in [0.717, 1.165) is 139 Å². The van der Waals surface area contributed by atoms with E-state index in [-0.39, 0.29) is 59.9 Å². The number of ether oxygens (including phenoxy) is 2. The van der Waals surface area contributed by atoms with Crippen molar-refractivity contribution in [1.82, 2.24) is 64.1 Å². The summed E-state index contributed by atoms with van der Waals surface area (Å²) in [5.74, 6) is -0.261. The molecule has 28 heteroatoms. The van der Waals surface area contributed by atoms with Gasteiger partial charge in [-0.3, -0.25) is 48.8 Å². The number of piperazine rings is 1. The predicted molar refractivity (Wildman–Crippen MR) is 403 cm³/mol. The Labute approximate surface area is 608 Å². The van der Waals surface area contributed by atoms with Crippen LogP contribution in [0.25, 0.3) is 32.3 Å². The number of piperidine rings is 1. The Kier molecular flexibility index (Phi) is 22.1. The fourth-order valence-corrected chi connectivity index (χ4v) is 16.7. The third kappa shape index (κ3) is 15.8. The molecule has 4 aliphatic rings. The average molecular weight is 1430 g/mol. The molecule has 13 rings (SSSR count). The molecule has 104 heavy (non-hydrogen) atoms. The van der Waals surface area contributed by atoms with Crippen LogP contribution in [0.3, 0.4) is 0 Å². The highest BCUT2D eigenvalue weighted by atomic mass is 32.1. The number of fused-ring (bicyclic) bond motifs is 6. The number of primary amides is 2. The van der Waals surface area contributed by atoms with Crippen molar-refractivity contribution < 1.29 is 38.2 Å². The largest absolute Gasteiger partial charge is 0.494 e. The number of nitrogens with two attached hydrogens (primary N) is 3. The Morgan fingerprint density at radius 3 is 1.81 bits per heavy atom. The van der Waals surface area contributed by atoms with E-state index in [4.69, 9.17) is 36.6 Å². The second-order valence-corrected chi connectivity index (χ2v) is 29.0. The normalized spacial score (nSPS) is 17.7. The molecule has 2 aliphatic carbocycles. The van der Waals surface area contributed by atoms with Crippen LogP contribution in [-0.2, 0) is 43.8 Å². The number of thiophene rings is 1. The minimum Gasteiger partial charge on any atom is -0.494 e. The molecule has 1 unspecified atom stereocenters. The molecule has 0 radical (unpaired) electrons. The maximum Gasteiger partial charge on any atom is 0.276 e. The lowest BCUT2D eigenvalue weighted by atomic mass is 9.83. The lowest BCUT2D eigenvalue weighted by molar-refractivity contribution is -0.127. The van der Waals surface area contributed by atoms with Gasteiger partial charge in [-0.2, -0.15) is 10.2 Å². The number of aromatic nitrogens is 9. The number of nitrogens with zero attached hydrogens (tertiary/aromatic N) is 12. The van der Waals surface area contributed by atoms with Gasteiger partial charge in [0.05, 0.1) is 41.8 Å². The summed E-state index contributed by atoms with van der Waals surface area (Å²) in [5, 5.41) is 22.3. The number of nitrogen functional groups attached to an aromatic ring is 1. The highest BCUT2D eigenvalue weighted by Crippen LogP contribution is 2.44. The summed E-state index contributed by atoms with van der Waals surface area (Å²) in [5.41, 5.74) is 27.5. The summed E-state index contributed by atoms with van der Waals surface area (Å²) >= 11 is 1.36. The smallest absolute Gasteiger partial charge is 0.276 e. The maximum absolute atomic E-state index is 14.1. The van der Waals surface area contributed by atoms with Gasteiger partial charge in [0, 0.05) is 118 Å². The maximum atomic E-state index is 14.1. The first-order valence-electron chi connectivity index (χ1n) is 36.6. The van der Waals surface area contributed by atoms with Crippen molar-refractivity contribution in [1.29, 1.82) is 0 Å². The van der Waals surface area contributed by atoms with Crippen molar-refractivity contribution in [2.24, 2.45) is 29.2 Å². The van der Waals surface area contributed by atoms with E-state index in [1.54, 1.807) is 44.3 Å². The Bertz CT molecular complexity index is 4730. The highest BCUT2D eigenvalue weighted by molar-refractivity contribution is 7.21. The number of rotatable bonds is 30. The van der Waals surface area contributed by atoms with Gasteiger partial charge in [-0.1, -0.05) is 37.5 Å². The van der Waals surface area contributed by atoms with E-state index in [0.29, 0.717) is 105 Å². The molecule has 2 saturated heterocycles. The van der Waals surface area contributed by atoms with E-state index < -0.39 is 23.6 Å². The Morgan fingerprint density at radius 1 is 0.635 bits per heavy atom. The van der Waals surface area contributed by atoms with Gasteiger partial charge in [-0.15, -0.1) is 11.3 Å². The molecule has 3 fully saturated rings. The second-order valence-electron chi connectivity index (χ2n) is 28.1. The highest BCUT2D eigenvalue weighted by Gasteiger charge is 2.46. The van der Waals surface area contributed by atoms with Crippen molar-refractivity contribution in [3.63, 3.8) is 0 Å². The number of anilines is 4. The lowest BCUT2D eigenvalue weighted by Gasteiger charge is -2.39. The third-order valence-electron chi connectivity index (χ3n) is 21.0. The Hall–Kier alpha value is -10.2. The molecule has 27 nitrogen and oxygen atoms in total. The van der Waals surface area contributed by atoms with Gasteiger partial charge in [0.25, 0.3) is 17.7 Å². The van der Waals surface area contributed by atoms with Gasteiger partial charge in [-0.05, 0) is 176 Å². The molecular formula is C76H95N19O8S. The van der Waals surface area contributed by atoms with Crippen LogP contribution in [0.2, 0.25) is 0 Å². The molecule has 6 aromatic heterocycles. The van der Waals surface area contributed by atoms with Crippen LogP contribution in [0.1, 0.15) is 151 Å². The molecule has 0 spiro atoms. The zero-order valence-electron chi connectivity index (χ0n) is 60.3. The number of methoxy groups -OCH3 is 1. The van der Waals surface area contributed by atoms with Gasteiger partial charge < -0.3 is 61.1 Å². The number of carbonyl (C=O) groups is 6. The van der Waals surface area contributed by atoms with Gasteiger partial charge in [0.2, 0.25) is 29.6 Å². The average Bonchev–Trinajstić information content (AvgIpc) is 1.62. The fraction of sp³-hybridized carbons (Fsp3) is 0.461. The molecule has 9 aromatic rings. The van der Waals surface area contributed by atoms with Crippen molar-refractivity contribution in [2.75, 3.05) is 93.9 Å². The van der Waals surface area contributed by atoms with E-state index in [1.165, 1.54) is 41.3 Å². The first kappa shape index (κ1) is 72.2. The number of nitrogens with one attached hydrogen (secondary N) is 4. The van der Waals surface area contributed by atoms with Gasteiger partial charge in [0.15, 0.2) is 0 Å². The summed E-state index contributed by atoms with van der Waals surface area (Å²) in [6, 6.07) is 20.4. The van der Waals surface area contributed by atoms with Gasteiger partial charge in [-0.25, -0.2) is 15.0 Å². The zero-order chi connectivity index (χ0) is 72.9. The zero-order valence-corrected chi connectivity index (χ0v) is 61.1. The van der Waals surface area contributed by atoms with Crippen LogP contribution < -0.4 is 52.8 Å². The van der Waals surface area contributed by atoms with E-state index >= 15 is 0 Å². The number of imidazole rings is 2. The predicted octanol–water partition coefficient (Wildman–Crippen LogP) is 8.81. The number of amides is 6. The van der Waals surface area contributed by atoms with E-state index in [2.05, 4.69) is 69.3 Å². The van der Waals surface area contributed by atoms with Crippen LogP contribution in [0.15, 0.2) is 78.9 Å². The molecule has 8 heterocycles. The topological polar surface area (TPSA) is 341 Å². The molecule has 2 aliphatic heterocycles. The fourth-order valence-electron chi connectivity index (χ4n) is 15.6. The molecule has 1 saturated carbocycles. The Balaban J connectivity index is 0.563. The first-order valence-corrected chi connectivity index (χ1v) is 37.4. The van der Waals surface area contributed by atoms with E-state index in [9.17, 15) is 28.8 Å². The van der Waals surface area contributed by atoms with Gasteiger partial charge >= 0.3 is 0 Å². The van der Waals surface area contributed by atoms with Crippen molar-refractivity contribution in [3.8, 4) is 11.5 Å².